The van der Waals surface area contributed by atoms with E-state index in [1.54, 1.807) is 17.3 Å². The van der Waals surface area contributed by atoms with Crippen LogP contribution in [0.3, 0.4) is 0 Å². The van der Waals surface area contributed by atoms with Crippen LogP contribution in [-0.2, 0) is 17.9 Å². The molecule has 1 N–H and O–H groups in total. The van der Waals surface area contributed by atoms with Crippen molar-refractivity contribution in [2.45, 2.75) is 33.9 Å². The van der Waals surface area contributed by atoms with Crippen molar-refractivity contribution in [3.63, 3.8) is 0 Å². The fraction of sp³-hybridized carbons (Fsp3) is 0.250. The standard InChI is InChI=1S/C20H21N3O2/c1-13-6-7-17-9-18(20(25)22-19(17)14(13)2)12-23(15(3)24)11-16-5-4-8-21-10-16/h4-10H,11-12H2,1-3H3,(H,22,25). The number of hydrogen-bond acceptors (Lipinski definition) is 3. The molecule has 0 aliphatic carbocycles. The molecule has 0 aliphatic rings. The van der Waals surface area contributed by atoms with Gasteiger partial charge in [-0.15, -0.1) is 0 Å². The molecule has 0 spiro atoms. The van der Waals surface area contributed by atoms with E-state index in [4.69, 9.17) is 0 Å². The largest absolute Gasteiger partial charge is 0.334 e. The third-order valence-electron chi connectivity index (χ3n) is 4.53. The average Bonchev–Trinajstić information content (AvgIpc) is 2.60. The highest BCUT2D eigenvalue weighted by molar-refractivity contribution is 5.83. The maximum Gasteiger partial charge on any atom is 0.253 e. The molecule has 1 amide bonds. The highest BCUT2D eigenvalue weighted by Gasteiger charge is 2.14. The lowest BCUT2D eigenvalue weighted by Crippen LogP contribution is -2.30. The van der Waals surface area contributed by atoms with Crippen molar-refractivity contribution in [2.24, 2.45) is 0 Å². The normalized spacial score (nSPS) is 10.8. The summed E-state index contributed by atoms with van der Waals surface area (Å²) in [6.45, 7) is 6.22. The molecule has 0 fully saturated rings. The van der Waals surface area contributed by atoms with Crippen LogP contribution in [-0.4, -0.2) is 20.8 Å². The van der Waals surface area contributed by atoms with Crippen molar-refractivity contribution in [3.05, 3.63) is 75.3 Å². The Hall–Kier alpha value is -2.95. The van der Waals surface area contributed by atoms with E-state index in [0.717, 1.165) is 27.6 Å². The zero-order valence-electron chi connectivity index (χ0n) is 14.7. The number of pyridine rings is 2. The number of nitrogens with zero attached hydrogens (tertiary/aromatic N) is 2. The van der Waals surface area contributed by atoms with Crippen molar-refractivity contribution in [3.8, 4) is 0 Å². The molecule has 0 unspecified atom stereocenters. The Morgan fingerprint density at radius 3 is 2.68 bits per heavy atom. The smallest absolute Gasteiger partial charge is 0.253 e. The molecule has 3 rings (SSSR count). The molecule has 25 heavy (non-hydrogen) atoms. The first-order valence-corrected chi connectivity index (χ1v) is 8.22. The summed E-state index contributed by atoms with van der Waals surface area (Å²) >= 11 is 0. The highest BCUT2D eigenvalue weighted by atomic mass is 16.2. The molecular weight excluding hydrogens is 314 g/mol. The lowest BCUT2D eigenvalue weighted by Gasteiger charge is -2.21. The second-order valence-electron chi connectivity index (χ2n) is 6.33. The highest BCUT2D eigenvalue weighted by Crippen LogP contribution is 2.19. The Bertz CT molecular complexity index is 977. The number of aryl methyl sites for hydroxylation is 2. The van der Waals surface area contributed by atoms with Gasteiger partial charge >= 0.3 is 0 Å². The minimum atomic E-state index is -0.154. The van der Waals surface area contributed by atoms with E-state index in [-0.39, 0.29) is 18.0 Å². The van der Waals surface area contributed by atoms with Gasteiger partial charge in [-0.25, -0.2) is 0 Å². The Labute approximate surface area is 146 Å². The molecule has 0 aliphatic heterocycles. The number of aromatic nitrogens is 2. The molecule has 0 saturated heterocycles. The number of amides is 1. The van der Waals surface area contributed by atoms with Gasteiger partial charge < -0.3 is 9.88 Å². The van der Waals surface area contributed by atoms with Gasteiger partial charge in [0.05, 0.1) is 12.1 Å². The fourth-order valence-corrected chi connectivity index (χ4v) is 2.88. The fourth-order valence-electron chi connectivity index (χ4n) is 2.88. The van der Waals surface area contributed by atoms with E-state index < -0.39 is 0 Å². The maximum atomic E-state index is 12.5. The predicted octanol–water partition coefficient (Wildman–Crippen LogP) is 3.09. The molecule has 128 valence electrons. The van der Waals surface area contributed by atoms with Crippen LogP contribution in [0.2, 0.25) is 0 Å². The van der Waals surface area contributed by atoms with Gasteiger partial charge in [0, 0.05) is 31.4 Å². The molecule has 5 nitrogen and oxygen atoms in total. The Morgan fingerprint density at radius 2 is 2.00 bits per heavy atom. The first-order chi connectivity index (χ1) is 12.0. The van der Waals surface area contributed by atoms with Crippen molar-refractivity contribution in [1.29, 1.82) is 0 Å². The van der Waals surface area contributed by atoms with Gasteiger partial charge in [0.15, 0.2) is 0 Å². The van der Waals surface area contributed by atoms with Gasteiger partial charge in [0.1, 0.15) is 0 Å². The minimum absolute atomic E-state index is 0.0802. The van der Waals surface area contributed by atoms with Gasteiger partial charge in [-0.3, -0.25) is 14.6 Å². The molecule has 1 aromatic carbocycles. The number of carbonyl (C=O) groups is 1. The number of nitrogens with one attached hydrogen (secondary N) is 1. The van der Waals surface area contributed by atoms with Crippen LogP contribution in [0.15, 0.2) is 47.5 Å². The van der Waals surface area contributed by atoms with E-state index >= 15 is 0 Å². The number of fused-ring (bicyclic) bond motifs is 1. The Kier molecular flexibility index (Phi) is 4.65. The minimum Gasteiger partial charge on any atom is -0.334 e. The molecule has 5 heteroatoms. The van der Waals surface area contributed by atoms with Crippen molar-refractivity contribution in [2.75, 3.05) is 0 Å². The molecule has 0 saturated carbocycles. The SMILES string of the molecule is CC(=O)N(Cc1cccnc1)Cc1cc2ccc(C)c(C)c2[nH]c1=O. The maximum absolute atomic E-state index is 12.5. The number of aromatic amines is 1. The van der Waals surface area contributed by atoms with Crippen LogP contribution in [0.5, 0.6) is 0 Å². The summed E-state index contributed by atoms with van der Waals surface area (Å²) < 4.78 is 0. The average molecular weight is 335 g/mol. The zero-order valence-corrected chi connectivity index (χ0v) is 14.7. The Balaban J connectivity index is 1.94. The van der Waals surface area contributed by atoms with Crippen LogP contribution in [0.1, 0.15) is 29.2 Å². The quantitative estimate of drug-likeness (QED) is 0.797. The van der Waals surface area contributed by atoms with Crippen molar-refractivity contribution < 1.29 is 4.79 Å². The van der Waals surface area contributed by atoms with Crippen LogP contribution in [0.25, 0.3) is 10.9 Å². The second kappa shape index (κ2) is 6.89. The summed E-state index contributed by atoms with van der Waals surface area (Å²) in [4.78, 5) is 33.2. The van der Waals surface area contributed by atoms with Crippen LogP contribution < -0.4 is 5.56 Å². The zero-order chi connectivity index (χ0) is 18.0. The monoisotopic (exact) mass is 335 g/mol. The second-order valence-corrected chi connectivity index (χ2v) is 6.33. The molecule has 0 atom stereocenters. The van der Waals surface area contributed by atoms with Gasteiger partial charge in [0.2, 0.25) is 5.91 Å². The predicted molar refractivity (Wildman–Crippen MR) is 98.2 cm³/mol. The first kappa shape index (κ1) is 16.9. The summed E-state index contributed by atoms with van der Waals surface area (Å²) in [5.41, 5.74) is 4.42. The lowest BCUT2D eigenvalue weighted by molar-refractivity contribution is -0.130. The van der Waals surface area contributed by atoms with E-state index in [1.807, 2.05) is 44.2 Å². The molecule has 0 radical (unpaired) electrons. The van der Waals surface area contributed by atoms with E-state index in [1.165, 1.54) is 6.92 Å². The van der Waals surface area contributed by atoms with Gasteiger partial charge in [-0.05, 0) is 48.1 Å². The van der Waals surface area contributed by atoms with Gasteiger partial charge in [-0.2, -0.15) is 0 Å². The van der Waals surface area contributed by atoms with Crippen molar-refractivity contribution in [1.82, 2.24) is 14.9 Å². The van der Waals surface area contributed by atoms with Crippen LogP contribution in [0.4, 0.5) is 0 Å². The third kappa shape index (κ3) is 3.60. The number of carbonyl (C=O) groups excluding carboxylic acids is 1. The number of H-pyrrole nitrogens is 1. The van der Waals surface area contributed by atoms with Crippen molar-refractivity contribution >= 4 is 16.8 Å². The molecular formula is C20H21N3O2. The summed E-state index contributed by atoms with van der Waals surface area (Å²) in [6, 6.07) is 9.66. The number of hydrogen-bond donors (Lipinski definition) is 1. The molecule has 2 aromatic heterocycles. The lowest BCUT2D eigenvalue weighted by atomic mass is 10.0. The summed E-state index contributed by atoms with van der Waals surface area (Å²) in [5.74, 6) is -0.0802. The van der Waals surface area contributed by atoms with Crippen LogP contribution >= 0.6 is 0 Å². The Morgan fingerprint density at radius 1 is 1.20 bits per heavy atom. The first-order valence-electron chi connectivity index (χ1n) is 8.22. The number of benzene rings is 1. The topological polar surface area (TPSA) is 66.1 Å². The third-order valence-corrected chi connectivity index (χ3v) is 4.53. The van der Waals surface area contributed by atoms with Crippen LogP contribution in [0, 0.1) is 13.8 Å². The molecule has 0 bridgehead atoms. The summed E-state index contributed by atoms with van der Waals surface area (Å²) in [7, 11) is 0. The molecule has 2 heterocycles. The number of rotatable bonds is 4. The van der Waals surface area contributed by atoms with E-state index in [9.17, 15) is 9.59 Å². The van der Waals surface area contributed by atoms with Gasteiger partial charge in [-0.1, -0.05) is 18.2 Å². The van der Waals surface area contributed by atoms with E-state index in [2.05, 4.69) is 9.97 Å². The molecule has 3 aromatic rings. The summed E-state index contributed by atoms with van der Waals surface area (Å²) in [5, 5.41) is 0.975. The van der Waals surface area contributed by atoms with E-state index in [0.29, 0.717) is 12.1 Å². The van der Waals surface area contributed by atoms with Gasteiger partial charge in [0.25, 0.3) is 5.56 Å². The summed E-state index contributed by atoms with van der Waals surface area (Å²) in [6.07, 6.45) is 3.42.